The fourth-order valence-electron chi connectivity index (χ4n) is 3.69. The summed E-state index contributed by atoms with van der Waals surface area (Å²) < 4.78 is 10.1. The van der Waals surface area contributed by atoms with Gasteiger partial charge in [0.05, 0.1) is 25.0 Å². The normalized spacial score (nSPS) is 27.5. The summed E-state index contributed by atoms with van der Waals surface area (Å²) in [5.74, 6) is -6.24. The van der Waals surface area contributed by atoms with Crippen LogP contribution in [-0.2, 0) is 23.9 Å². The van der Waals surface area contributed by atoms with Crippen LogP contribution >= 0.6 is 0 Å². The Hall–Kier alpha value is -0.630. The Morgan fingerprint density at radius 1 is 0.917 bits per heavy atom. The van der Waals surface area contributed by atoms with Gasteiger partial charge in [-0.05, 0) is 41.5 Å². The van der Waals surface area contributed by atoms with E-state index < -0.39 is 46.7 Å². The average molecular weight is 351 g/mol. The molecule has 1 rings (SSSR count). The summed E-state index contributed by atoms with van der Waals surface area (Å²) in [6, 6.07) is 0. The van der Waals surface area contributed by atoms with Gasteiger partial charge < -0.3 is 24.7 Å². The number of hydrogen-bond acceptors (Lipinski definition) is 7. The molecule has 0 spiro atoms. The van der Waals surface area contributed by atoms with Gasteiger partial charge in [0.25, 0.3) is 0 Å². The van der Waals surface area contributed by atoms with Gasteiger partial charge in [0.1, 0.15) is 0 Å². The average Bonchev–Trinajstić information content (AvgIpc) is 2.35. The number of ether oxygens (including phenoxy) is 2. The van der Waals surface area contributed by atoms with E-state index in [9.17, 15) is 19.5 Å². The van der Waals surface area contributed by atoms with Crippen LogP contribution in [0.15, 0.2) is 0 Å². The molecule has 0 aliphatic carbocycles. The van der Waals surface area contributed by atoms with Crippen LogP contribution < -0.4 is 40.0 Å². The van der Waals surface area contributed by atoms with E-state index in [4.69, 9.17) is 9.47 Å². The number of carboxylic acids is 1. The zero-order valence-corrected chi connectivity index (χ0v) is 17.6. The number of carbonyl (C=O) groups excluding carboxylic acids is 3. The monoisotopic (exact) mass is 351 g/mol. The minimum absolute atomic E-state index is 0. The molecule has 0 radical (unpaired) electrons. The van der Waals surface area contributed by atoms with Crippen LogP contribution in [0.25, 0.3) is 0 Å². The fraction of sp³-hybridized carbons (Fsp3) is 0.812. The maximum atomic E-state index is 12.4. The van der Waals surface area contributed by atoms with Gasteiger partial charge in [-0.3, -0.25) is 9.59 Å². The van der Waals surface area contributed by atoms with Crippen LogP contribution in [-0.4, -0.2) is 42.2 Å². The molecule has 1 aliphatic rings. The smallest absolute Gasteiger partial charge is 0.550 e. The van der Waals surface area contributed by atoms with Gasteiger partial charge in [0.2, 0.25) is 0 Å². The van der Waals surface area contributed by atoms with Crippen molar-refractivity contribution in [2.45, 2.75) is 52.6 Å². The van der Waals surface area contributed by atoms with Crippen molar-refractivity contribution < 1.29 is 58.5 Å². The molecule has 1 heterocycles. The maximum absolute atomic E-state index is 12.4. The summed E-state index contributed by atoms with van der Waals surface area (Å²) in [5.41, 5.74) is -1.77. The van der Waals surface area contributed by atoms with Crippen LogP contribution in [0.4, 0.5) is 0 Å². The van der Waals surface area contributed by atoms with Gasteiger partial charge in [0.15, 0.2) is 0 Å². The molecule has 2 unspecified atom stereocenters. The van der Waals surface area contributed by atoms with Crippen molar-refractivity contribution in [3.63, 3.8) is 0 Å². The van der Waals surface area contributed by atoms with Gasteiger partial charge >= 0.3 is 41.5 Å². The number of carboxylic acid groups (broad SMARTS) is 1. The van der Waals surface area contributed by atoms with Crippen molar-refractivity contribution in [3.05, 3.63) is 0 Å². The molecule has 0 aromatic rings. The predicted molar refractivity (Wildman–Crippen MR) is 80.0 cm³/mol. The summed E-state index contributed by atoms with van der Waals surface area (Å²) in [7, 11) is 0. The first-order valence-corrected chi connectivity index (χ1v) is 7.83. The first kappa shape index (κ1) is 23.4. The van der Waals surface area contributed by atoms with E-state index in [1.807, 2.05) is 0 Å². The third kappa shape index (κ3) is 4.71. The van der Waals surface area contributed by atoms with Crippen LogP contribution in [0.5, 0.6) is 0 Å². The van der Waals surface area contributed by atoms with E-state index in [1.54, 1.807) is 41.5 Å². The second kappa shape index (κ2) is 8.65. The predicted octanol–water partition coefficient (Wildman–Crippen LogP) is -3.12. The second-order valence-corrected chi connectivity index (χ2v) is 6.87. The van der Waals surface area contributed by atoms with Gasteiger partial charge in [-0.1, -0.05) is 0 Å². The summed E-state index contributed by atoms with van der Waals surface area (Å²) in [6.45, 7) is 10.4. The van der Waals surface area contributed by atoms with E-state index in [2.05, 4.69) is 5.32 Å². The quantitative estimate of drug-likeness (QED) is 0.413. The fourth-order valence-corrected chi connectivity index (χ4v) is 3.69. The van der Waals surface area contributed by atoms with E-state index >= 15 is 0 Å². The molecular formula is C16H26NNaO6. The van der Waals surface area contributed by atoms with Gasteiger partial charge in [-0.15, -0.1) is 0 Å². The molecule has 0 bridgehead atoms. The van der Waals surface area contributed by atoms with Crippen LogP contribution in [0.3, 0.4) is 0 Å². The summed E-state index contributed by atoms with van der Waals surface area (Å²) >= 11 is 0. The minimum Gasteiger partial charge on any atom is -0.550 e. The number of esters is 2. The van der Waals surface area contributed by atoms with E-state index in [0.29, 0.717) is 0 Å². The topological polar surface area (TPSA) is 105 Å². The van der Waals surface area contributed by atoms with Crippen molar-refractivity contribution in [2.75, 3.05) is 13.2 Å². The summed E-state index contributed by atoms with van der Waals surface area (Å²) in [4.78, 5) is 36.5. The van der Waals surface area contributed by atoms with Crippen molar-refractivity contribution in [3.8, 4) is 0 Å². The Morgan fingerprint density at radius 3 is 1.50 bits per heavy atom. The number of hydrogen-bond donors (Lipinski definition) is 1. The zero-order chi connectivity index (χ0) is 18.0. The zero-order valence-electron chi connectivity index (χ0n) is 15.6. The van der Waals surface area contributed by atoms with Crippen molar-refractivity contribution in [2.24, 2.45) is 17.8 Å². The molecule has 0 aromatic carbocycles. The molecule has 8 heteroatoms. The number of nitrogens with one attached hydrogen (secondary N) is 1. The Kier molecular flexibility index (Phi) is 8.42. The summed E-state index contributed by atoms with van der Waals surface area (Å²) in [6.07, 6.45) is 0. The molecule has 1 saturated heterocycles. The molecule has 132 valence electrons. The molecule has 24 heavy (non-hydrogen) atoms. The number of rotatable bonds is 5. The SMILES string of the molecule is CCOC(=O)C1C(C(=O)[O-])C(C(=O)OCC)C(C)(C)NC1(C)C.[Na+]. The molecule has 1 N–H and O–H groups in total. The number of aliphatic carboxylic acids is 1. The Labute approximate surface area is 165 Å². The molecule has 1 aliphatic heterocycles. The molecule has 1 fully saturated rings. The Bertz CT molecular complexity index is 455. The molecule has 0 aromatic heterocycles. The van der Waals surface area contributed by atoms with Crippen LogP contribution in [0.2, 0.25) is 0 Å². The first-order valence-electron chi connectivity index (χ1n) is 7.83. The summed E-state index contributed by atoms with van der Waals surface area (Å²) in [5, 5.41) is 15.0. The largest absolute Gasteiger partial charge is 1.00 e. The van der Waals surface area contributed by atoms with Gasteiger partial charge in [0, 0.05) is 23.0 Å². The van der Waals surface area contributed by atoms with E-state index in [-0.39, 0.29) is 42.8 Å². The van der Waals surface area contributed by atoms with Crippen LogP contribution in [0.1, 0.15) is 41.5 Å². The maximum Gasteiger partial charge on any atom is 1.00 e. The first-order chi connectivity index (χ1) is 10.5. The standard InChI is InChI=1S/C16H27NO6.Na/c1-7-22-13(20)10-9(12(18)19)11(14(21)23-8-2)16(5,6)17-15(10,3)4;/h9-11,17H,7-8H2,1-6H3,(H,18,19);/q;+1/p-1. The van der Waals surface area contributed by atoms with Gasteiger partial charge in [-0.2, -0.15) is 0 Å². The molecule has 2 atom stereocenters. The van der Waals surface area contributed by atoms with Crippen molar-refractivity contribution in [1.82, 2.24) is 5.32 Å². The van der Waals surface area contributed by atoms with E-state index in [0.717, 1.165) is 0 Å². The van der Waals surface area contributed by atoms with E-state index in [1.165, 1.54) is 0 Å². The van der Waals surface area contributed by atoms with Crippen molar-refractivity contribution in [1.29, 1.82) is 0 Å². The number of piperidine rings is 1. The Balaban J connectivity index is 0.00000529. The minimum atomic E-state index is -1.45. The molecular weight excluding hydrogens is 325 g/mol. The van der Waals surface area contributed by atoms with Gasteiger partial charge in [-0.25, -0.2) is 0 Å². The molecule has 7 nitrogen and oxygen atoms in total. The third-order valence-electron chi connectivity index (χ3n) is 4.27. The molecule has 0 saturated carbocycles. The van der Waals surface area contributed by atoms with Crippen molar-refractivity contribution >= 4 is 17.9 Å². The second-order valence-electron chi connectivity index (χ2n) is 6.87. The van der Waals surface area contributed by atoms with Crippen LogP contribution in [0, 0.1) is 17.8 Å². The third-order valence-corrected chi connectivity index (χ3v) is 4.27. The molecule has 0 amide bonds. The number of carbonyl (C=O) groups is 3. The Morgan fingerprint density at radius 2 is 1.25 bits per heavy atom.